The lowest BCUT2D eigenvalue weighted by molar-refractivity contribution is -0.142. The number of hydrogen-bond acceptors (Lipinski definition) is 12. The van der Waals surface area contributed by atoms with Gasteiger partial charge in [0, 0.05) is 43.8 Å². The quantitative estimate of drug-likeness (QED) is 0.0565. The molecule has 0 saturated carbocycles. The highest BCUT2D eigenvalue weighted by atomic mass is 32.1. The fourth-order valence-corrected chi connectivity index (χ4v) is 9.85. The maximum atomic E-state index is 14.1. The van der Waals surface area contributed by atoms with Gasteiger partial charge in [0.25, 0.3) is 11.8 Å². The number of anilines is 2. The highest BCUT2D eigenvalue weighted by Crippen LogP contribution is 2.40. The number of rotatable bonds is 18. The Balaban J connectivity index is 0.828. The summed E-state index contributed by atoms with van der Waals surface area (Å²) in [5.74, 6) is -0.844. The number of aryl methyl sites for hydroxylation is 1. The van der Waals surface area contributed by atoms with Crippen LogP contribution in [0.2, 0.25) is 0 Å². The maximum absolute atomic E-state index is 14.1. The highest BCUT2D eigenvalue weighted by Gasteiger charge is 2.51. The van der Waals surface area contributed by atoms with Crippen LogP contribution in [0.5, 0.6) is 11.5 Å². The van der Waals surface area contributed by atoms with Gasteiger partial charge in [-0.05, 0) is 116 Å². The molecule has 5 aromatic rings. The molecule has 73 heavy (non-hydrogen) atoms. The van der Waals surface area contributed by atoms with Crippen molar-refractivity contribution >= 4 is 63.7 Å². The third kappa shape index (κ3) is 12.5. The summed E-state index contributed by atoms with van der Waals surface area (Å²) in [6.07, 6.45) is -5.09. The Kier molecular flexibility index (Phi) is 16.6. The number of thiocarbonyl (C=S) groups is 1. The molecule has 0 unspecified atom stereocenters. The molecule has 0 spiro atoms. The number of likely N-dealkylation sites (tertiary alicyclic amines) is 1. The number of nitrogens with zero attached hydrogens (tertiary/aromatic N) is 5. The number of benzene rings is 4. The first kappa shape index (κ1) is 53.9. The van der Waals surface area contributed by atoms with Crippen LogP contribution in [-0.2, 0) is 31.8 Å². The SMILES string of the molecule is Cc1ncsc1-c1ccc(CNC(=O)[C@@H]2C[C@@H](O)CN2C(=O)[C@@H](NC(=O)c2ccc(OCCOCCCOc3ccc(N4C(=S)N(c5ccc(C#N)c(C(F)(F)F)c5)C(=O)C4(C)C)cc3)cc2)C(C)(C)C)cc1. The van der Waals surface area contributed by atoms with E-state index in [0.717, 1.165) is 38.7 Å². The molecule has 1 aromatic heterocycles. The van der Waals surface area contributed by atoms with Crippen molar-refractivity contribution in [2.45, 2.75) is 90.8 Å². The molecule has 0 bridgehead atoms. The Labute approximate surface area is 430 Å². The molecule has 0 radical (unpaired) electrons. The van der Waals surface area contributed by atoms with Crippen molar-refractivity contribution in [3.63, 3.8) is 0 Å². The average molecular weight is 1040 g/mol. The number of β-amino-alcohol motifs (C(OH)–C–C–N with tert-alkyl or cyclic N) is 1. The topological polar surface area (TPSA) is 187 Å². The van der Waals surface area contributed by atoms with Gasteiger partial charge >= 0.3 is 6.18 Å². The van der Waals surface area contributed by atoms with Crippen molar-refractivity contribution < 1.29 is 51.7 Å². The van der Waals surface area contributed by atoms with Crippen molar-refractivity contribution in [3.05, 3.63) is 124 Å². The van der Waals surface area contributed by atoms with Gasteiger partial charge in [-0.25, -0.2) is 4.98 Å². The summed E-state index contributed by atoms with van der Waals surface area (Å²) in [5, 5.41) is 25.6. The van der Waals surface area contributed by atoms with E-state index in [1.165, 1.54) is 11.0 Å². The number of hydrogen-bond donors (Lipinski definition) is 3. The first-order chi connectivity index (χ1) is 34.6. The van der Waals surface area contributed by atoms with E-state index in [0.29, 0.717) is 42.4 Å². The number of carbonyl (C=O) groups excluding carboxylic acids is 4. The number of halogens is 3. The number of aliphatic hydroxyl groups is 1. The lowest BCUT2D eigenvalue weighted by Crippen LogP contribution is -2.57. The maximum Gasteiger partial charge on any atom is 0.417 e. The van der Waals surface area contributed by atoms with Crippen molar-refractivity contribution in [2.75, 3.05) is 42.8 Å². The van der Waals surface area contributed by atoms with Crippen LogP contribution >= 0.6 is 23.6 Å². The number of alkyl halides is 3. The summed E-state index contributed by atoms with van der Waals surface area (Å²) in [4.78, 5) is 64.1. The fraction of sp³-hybridized carbons (Fsp3) is 0.377. The highest BCUT2D eigenvalue weighted by molar-refractivity contribution is 7.81. The van der Waals surface area contributed by atoms with Gasteiger partial charge in [-0.2, -0.15) is 18.4 Å². The Morgan fingerprint density at radius 2 is 1.58 bits per heavy atom. The molecule has 2 saturated heterocycles. The standard InChI is InChI=1S/C53H56F3N7O8S2/c1-32-44(73-31-59-32)34-10-8-33(9-11-34)29-58-47(66)43-27-39(64)30-61(43)48(67)45(51(2,3)4)60-46(65)35-13-18-40(19-14-35)71-25-24-69-22-7-23-70-41-20-16-37(17-21-41)63-50(72)62(49(68)52(63,5)6)38-15-12-36(28-57)42(26-38)53(54,55)56/h8-21,26,31,39,43,45,64H,7,22-25,27,29-30H2,1-6H3,(H,58,66)(H,60,65)/t39-,43+,45-/m1/s1. The predicted octanol–water partition coefficient (Wildman–Crippen LogP) is 8.21. The summed E-state index contributed by atoms with van der Waals surface area (Å²) < 4.78 is 58.6. The van der Waals surface area contributed by atoms with Crippen molar-refractivity contribution in [2.24, 2.45) is 5.41 Å². The number of carbonyl (C=O) groups is 4. The zero-order valence-corrected chi connectivity index (χ0v) is 42.8. The molecule has 2 aliphatic heterocycles. The van der Waals surface area contributed by atoms with Gasteiger partial charge in [-0.3, -0.25) is 24.1 Å². The number of ether oxygens (including phenoxy) is 3. The lowest BCUT2D eigenvalue weighted by atomic mass is 9.85. The van der Waals surface area contributed by atoms with E-state index in [4.69, 9.17) is 26.4 Å². The second-order valence-corrected chi connectivity index (χ2v) is 20.4. The van der Waals surface area contributed by atoms with Gasteiger partial charge in [0.15, 0.2) is 5.11 Å². The van der Waals surface area contributed by atoms with Crippen LogP contribution in [-0.4, -0.2) is 100 Å². The zero-order chi connectivity index (χ0) is 52.8. The summed E-state index contributed by atoms with van der Waals surface area (Å²) in [5.41, 5.74) is 1.68. The summed E-state index contributed by atoms with van der Waals surface area (Å²) in [7, 11) is 0. The predicted molar refractivity (Wildman–Crippen MR) is 273 cm³/mol. The van der Waals surface area contributed by atoms with E-state index >= 15 is 0 Å². The minimum absolute atomic E-state index is 0.0147. The largest absolute Gasteiger partial charge is 0.494 e. The number of nitrogens with one attached hydrogen (secondary N) is 2. The molecule has 7 rings (SSSR count). The van der Waals surface area contributed by atoms with Crippen molar-refractivity contribution in [1.82, 2.24) is 20.5 Å². The van der Waals surface area contributed by atoms with E-state index in [1.807, 2.05) is 52.0 Å². The van der Waals surface area contributed by atoms with Gasteiger partial charge in [0.2, 0.25) is 11.8 Å². The monoisotopic (exact) mass is 1040 g/mol. The molecule has 3 heterocycles. The minimum atomic E-state index is -4.81. The molecule has 384 valence electrons. The van der Waals surface area contributed by atoms with Crippen LogP contribution in [0, 0.1) is 23.7 Å². The Hall–Kier alpha value is -6.92. The molecule has 2 aliphatic rings. The second-order valence-electron chi connectivity index (χ2n) is 19.2. The zero-order valence-electron chi connectivity index (χ0n) is 41.1. The first-order valence-corrected chi connectivity index (χ1v) is 24.8. The number of nitriles is 1. The fourth-order valence-electron chi connectivity index (χ4n) is 8.52. The van der Waals surface area contributed by atoms with Crippen molar-refractivity contribution in [1.29, 1.82) is 5.26 Å². The van der Waals surface area contributed by atoms with Crippen LogP contribution in [0.3, 0.4) is 0 Å². The lowest BCUT2D eigenvalue weighted by Gasteiger charge is -2.35. The molecule has 4 aromatic carbocycles. The van der Waals surface area contributed by atoms with E-state index < -0.39 is 70.1 Å². The van der Waals surface area contributed by atoms with E-state index in [-0.39, 0.29) is 43.5 Å². The molecule has 3 N–H and O–H groups in total. The normalized spacial score (nSPS) is 17.1. The second kappa shape index (κ2) is 22.5. The summed E-state index contributed by atoms with van der Waals surface area (Å²) in [6, 6.07) is 23.7. The van der Waals surface area contributed by atoms with Gasteiger partial charge in [-0.1, -0.05) is 45.0 Å². The Morgan fingerprint density at radius 1 is 0.932 bits per heavy atom. The Morgan fingerprint density at radius 3 is 2.19 bits per heavy atom. The van der Waals surface area contributed by atoms with Crippen LogP contribution < -0.4 is 29.9 Å². The molecule has 0 aliphatic carbocycles. The van der Waals surface area contributed by atoms with Gasteiger partial charge < -0.3 is 39.8 Å². The molecule has 4 amide bonds. The van der Waals surface area contributed by atoms with Crippen LogP contribution in [0.15, 0.2) is 96.5 Å². The Bertz CT molecular complexity index is 2860. The van der Waals surface area contributed by atoms with Crippen LogP contribution in [0.1, 0.15) is 80.2 Å². The van der Waals surface area contributed by atoms with E-state index in [2.05, 4.69) is 15.6 Å². The molecule has 20 heteroatoms. The number of amides is 4. The van der Waals surface area contributed by atoms with Crippen LogP contribution in [0.25, 0.3) is 10.4 Å². The van der Waals surface area contributed by atoms with Gasteiger partial charge in [0.05, 0.1) is 58.3 Å². The molecule has 15 nitrogen and oxygen atoms in total. The number of thiazole rings is 1. The molecule has 3 atom stereocenters. The van der Waals surface area contributed by atoms with Crippen molar-refractivity contribution in [3.8, 4) is 28.0 Å². The van der Waals surface area contributed by atoms with E-state index in [1.54, 1.807) is 90.2 Å². The van der Waals surface area contributed by atoms with E-state index in [9.17, 15) is 42.7 Å². The number of aliphatic hydroxyl groups excluding tert-OH is 1. The third-order valence-corrected chi connectivity index (χ3v) is 13.8. The van der Waals surface area contributed by atoms with Crippen LogP contribution in [0.4, 0.5) is 24.5 Å². The van der Waals surface area contributed by atoms with Gasteiger partial charge in [-0.15, -0.1) is 11.3 Å². The smallest absolute Gasteiger partial charge is 0.417 e. The van der Waals surface area contributed by atoms with Gasteiger partial charge in [0.1, 0.15) is 35.7 Å². The summed E-state index contributed by atoms with van der Waals surface area (Å²) in [6.45, 7) is 12.0. The molecular formula is C53H56F3N7O8S2. The molecular weight excluding hydrogens is 984 g/mol. The summed E-state index contributed by atoms with van der Waals surface area (Å²) >= 11 is 7.18. The number of aromatic nitrogens is 1. The average Bonchev–Trinajstić information content (AvgIpc) is 4.02. The molecule has 2 fully saturated rings. The minimum Gasteiger partial charge on any atom is -0.494 e. The third-order valence-electron chi connectivity index (χ3n) is 12.4. The first-order valence-electron chi connectivity index (χ1n) is 23.5.